The van der Waals surface area contributed by atoms with Crippen LogP contribution >= 0.6 is 23.5 Å². The molecule has 20 atom stereocenters. The van der Waals surface area contributed by atoms with Gasteiger partial charge < -0.3 is 39.1 Å². The number of carbonyl (C=O) groups is 1. The molecule has 132 heavy (non-hydrogen) atoms. The van der Waals surface area contributed by atoms with Gasteiger partial charge in [0.25, 0.3) is 0 Å². The zero-order valence-corrected chi connectivity index (χ0v) is 110. The van der Waals surface area contributed by atoms with Crippen LogP contribution in [-0.2, 0) is 233 Å². The number of ether oxygens (including phenoxy) is 6. The molecule has 6 rings (SSSR count). The first-order valence-electron chi connectivity index (χ1n) is 28.6. The summed E-state index contributed by atoms with van der Waals surface area (Å²) in [5.74, 6) is 0. The van der Waals surface area contributed by atoms with E-state index < -0.39 is 299 Å². The van der Waals surface area contributed by atoms with Crippen molar-refractivity contribution in [3.05, 3.63) is 48.5 Å². The maximum atomic E-state index is 13.4. The standard InChI is InChI=1S/C37H52N2O63S16.14Na/c40-37(38-13-1-5-15(6-2-13)103-35-31(101-117(77,78)79)25(95-111(59,60)61)21(17(89-35)9-83-105(41,42)43)91-33-29(99-115(71,72)73)27(97-113(65,66)67)23(93-109(53,54)55)19(87-33)11-85-107(47,48)49)39-14-3-7-16(8-4-14)104-36-32(102-118(80,81)82)26(96-112(62,63)64)22(18(90-36)10-84-106(44,45)46)92-34-30(100-116(74,75)76)28(98-114(68,69)70)24(94-110(56,57)58)20(88-34)12-86-108(50,51)52;;;;;;;;;;;;;;/h1-8,17-36H,9-12H2,(H2,38,39,40)(H,41,42,43)(H,44,45,46)(H,47,48,49)(H,50,51,52)(H,53,54,55)(H,56,57,58)(H,59,60,61)(H,62,63,64)(H,65,66,67)(H,68,69,70)(H,71,72,73)(H,74,75,76)(H,77,78,79)(H,80,81,82);;;;;;;;;;;;;;/q;14*+1/t17-,18-,19-,20-,21-,22-,23-,24-,25+,26+,27+,28+,29-,30-,31-,32-,33-,34-,35+,36+;;;;;;;;;;;;;;/m1............../s1. The Morgan fingerprint density at radius 2 is 0.417 bits per heavy atom. The maximum absolute atomic E-state index is 13.4. The molecular formula is C37H52N2Na14O63S16+14. The van der Waals surface area contributed by atoms with Gasteiger partial charge in [0.2, 0.25) is 0 Å². The van der Waals surface area contributed by atoms with E-state index in [1.54, 1.807) is 0 Å². The number of carbonyl (C=O) groups excluding carboxylic acids is 1. The number of benzene rings is 2. The second-order valence-electron chi connectivity index (χ2n) is 22.0. The predicted octanol–water partition coefficient (Wildman–Crippen LogP) is -49.6. The molecule has 4 aliphatic heterocycles. The molecule has 4 saturated heterocycles. The summed E-state index contributed by atoms with van der Waals surface area (Å²) in [6, 6.07) is 6.13. The third kappa shape index (κ3) is 62.8. The number of hydrogen-bond donors (Lipinski definition) is 16. The molecule has 4 fully saturated rings. The van der Waals surface area contributed by atoms with Gasteiger partial charge in [-0.25, -0.2) is 63.4 Å². The van der Waals surface area contributed by atoms with Crippen molar-refractivity contribution in [2.75, 3.05) is 37.1 Å². The molecule has 65 nitrogen and oxygen atoms in total. The summed E-state index contributed by atoms with van der Waals surface area (Å²) < 4.78 is 569. The van der Waals surface area contributed by atoms with E-state index >= 15 is 0 Å². The third-order valence-corrected chi connectivity index (χ3v) is 22.2. The van der Waals surface area contributed by atoms with Crippen LogP contribution in [0.1, 0.15) is 0 Å². The minimum absolute atomic E-state index is 0. The number of nitrogens with one attached hydrogen (secondary N) is 2. The first-order chi connectivity index (χ1) is 53.0. The van der Waals surface area contributed by atoms with E-state index in [9.17, 15) is 186 Å². The van der Waals surface area contributed by atoms with Crippen molar-refractivity contribution in [2.45, 2.75) is 131 Å². The molecule has 16 N–H and O–H groups in total. The quantitative estimate of drug-likeness (QED) is 0.0217. The molecule has 0 aromatic heterocycles. The van der Waals surface area contributed by atoms with Gasteiger partial charge in [-0.1, -0.05) is 23.5 Å². The zero-order valence-electron chi connectivity index (χ0n) is 69.3. The van der Waals surface area contributed by atoms with Crippen LogP contribution in [0.5, 0.6) is 0 Å². The molecule has 0 unspecified atom stereocenters. The van der Waals surface area contributed by atoms with E-state index in [4.69, 9.17) is 28.4 Å². The molecule has 4 aliphatic rings. The Bertz CT molecular complexity index is 5330. The van der Waals surface area contributed by atoms with Gasteiger partial charge in [-0.05, 0) is 48.5 Å². The van der Waals surface area contributed by atoms with Crippen LogP contribution in [0.15, 0.2) is 58.3 Å². The number of thioether (sulfide) groups is 2. The van der Waals surface area contributed by atoms with Crippen molar-refractivity contribution in [3.8, 4) is 0 Å². The summed E-state index contributed by atoms with van der Waals surface area (Å²) in [6.07, 6.45) is -57.2. The van der Waals surface area contributed by atoms with Gasteiger partial charge in [-0.15, -0.1) is 0 Å². The van der Waals surface area contributed by atoms with Crippen molar-refractivity contribution in [2.24, 2.45) is 0 Å². The first-order valence-corrected chi connectivity index (χ1v) is 49.5. The summed E-state index contributed by atoms with van der Waals surface area (Å²) in [5, 5.41) is 4.45. The van der Waals surface area contributed by atoms with Crippen LogP contribution in [0.4, 0.5) is 16.2 Å². The summed E-state index contributed by atoms with van der Waals surface area (Å²) >= 11 is 0.0979. The molecule has 0 bridgehead atoms. The fourth-order valence-corrected chi connectivity index (χ4v) is 18.5. The Hall–Kier alpha value is 10.3. The largest absolute Gasteiger partial charge is 1.00 e. The van der Waals surface area contributed by atoms with Crippen molar-refractivity contribution in [3.63, 3.8) is 0 Å². The minimum Gasteiger partial charge on any atom is -0.356 e. The van der Waals surface area contributed by atoms with Crippen molar-refractivity contribution < 1.29 is 687 Å². The molecule has 95 heteroatoms. The third-order valence-electron chi connectivity index (χ3n) is 13.5. The number of urea groups is 1. The molecule has 0 spiro atoms. The molecule has 0 saturated carbocycles. The second-order valence-corrected chi connectivity index (χ2v) is 39.2. The zero-order chi connectivity index (χ0) is 89.9. The average molecular weight is 2370 g/mol. The van der Waals surface area contributed by atoms with E-state index in [2.05, 4.69) is 69.2 Å². The molecule has 0 radical (unpaired) electrons. The molecule has 684 valence electrons. The average Bonchev–Trinajstić information content (AvgIpc) is 0.756. The molecule has 2 aromatic rings. The van der Waals surface area contributed by atoms with Gasteiger partial charge in [0.15, 0.2) is 24.8 Å². The van der Waals surface area contributed by atoms with Gasteiger partial charge in [0.1, 0.15) is 96.3 Å². The molecule has 0 aliphatic carbocycles. The molecule has 2 aromatic carbocycles. The monoisotopic (exact) mass is 2370 g/mol. The van der Waals surface area contributed by atoms with Crippen LogP contribution < -0.4 is 424 Å². The van der Waals surface area contributed by atoms with E-state index in [1.807, 2.05) is 0 Å². The number of rotatable bonds is 42. The van der Waals surface area contributed by atoms with Crippen molar-refractivity contribution in [1.82, 2.24) is 0 Å². The van der Waals surface area contributed by atoms with Crippen LogP contribution in [0, 0.1) is 0 Å². The Labute approximate surface area is 1070 Å². The van der Waals surface area contributed by atoms with E-state index in [-0.39, 0.29) is 458 Å². The van der Waals surface area contributed by atoms with E-state index in [0.717, 1.165) is 48.5 Å². The Morgan fingerprint density at radius 1 is 0.242 bits per heavy atom. The van der Waals surface area contributed by atoms with Crippen LogP contribution in [0.25, 0.3) is 0 Å². The smallest absolute Gasteiger partial charge is 0.356 e. The normalized spacial score (nSPS) is 26.2. The number of amides is 2. The fourth-order valence-electron chi connectivity index (χ4n) is 9.99. The SMILES string of the molecule is O=C(Nc1ccc(S[C@@H]2O[C@H](COS(=O)(=O)O)[C@@H](O[C@H]3O[C@H](COS(=O)(=O)O)[C@@H](OS(=O)(=O)O)[C@H](OS(=O)(=O)O)[C@H]3OS(=O)(=O)O)[C@H](OS(=O)(=O)O)[C@H]2OS(=O)(=O)O)cc1)Nc1ccc(S[C@@H]2O[C@H](COS(=O)(=O)O)[C@@H](O[C@H]3O[C@H](COS(=O)(=O)O)[C@@H](OS(=O)(=O)O)[C@H](OS(=O)(=O)O)[C@H]3OS(=O)(=O)O)[C@H](OS(=O)(=O)O)[C@H]2OS(=O)(=O)O)cc1.[Na+].[Na+].[Na+].[Na+].[Na+].[Na+].[Na+].[Na+].[Na+].[Na+].[Na+].[Na+].[Na+].[Na+]. The van der Waals surface area contributed by atoms with Gasteiger partial charge in [0, 0.05) is 21.2 Å². The van der Waals surface area contributed by atoms with Gasteiger partial charge in [-0.3, -0.25) is 63.7 Å². The Balaban J connectivity index is -0.00000154. The van der Waals surface area contributed by atoms with Gasteiger partial charge in [-0.2, -0.15) is 118 Å². The fraction of sp³-hybridized carbons (Fsp3) is 0.649. The van der Waals surface area contributed by atoms with Crippen molar-refractivity contribution in [1.29, 1.82) is 0 Å². The minimum atomic E-state index is -6.32. The number of anilines is 2. The van der Waals surface area contributed by atoms with E-state index in [1.165, 1.54) is 0 Å². The summed E-state index contributed by atoms with van der Waals surface area (Å²) in [7, 11) is -85.8. The molecule has 4 heterocycles. The topological polar surface area (TPSA) is 987 Å². The Morgan fingerprint density at radius 3 is 0.614 bits per heavy atom. The predicted molar refractivity (Wildman–Crippen MR) is 356 cm³/mol. The first kappa shape index (κ1) is 160. The Kier molecular flexibility index (Phi) is 80.0. The molecule has 2 amide bonds. The summed E-state index contributed by atoms with van der Waals surface area (Å²) in [5.41, 5.74) is -5.60. The maximum Gasteiger partial charge on any atom is 1.00 e. The summed E-state index contributed by atoms with van der Waals surface area (Å²) in [6.45, 7) is -7.74. The van der Waals surface area contributed by atoms with E-state index in [0.29, 0.717) is 0 Å². The molecular weight excluding hydrogens is 2320 g/mol. The van der Waals surface area contributed by atoms with Gasteiger partial charge >= 0.3 is 565 Å². The second kappa shape index (κ2) is 66.0. The summed E-state index contributed by atoms with van der Waals surface area (Å²) in [4.78, 5) is 12.7. The van der Waals surface area contributed by atoms with Crippen LogP contribution in [-0.4, -0.2) is 335 Å². The van der Waals surface area contributed by atoms with Crippen LogP contribution in [0.3, 0.4) is 0 Å². The van der Waals surface area contributed by atoms with Crippen LogP contribution in [0.2, 0.25) is 0 Å². The van der Waals surface area contributed by atoms with Gasteiger partial charge in [0.05, 0.1) is 26.4 Å². The number of hydrogen-bond acceptors (Lipinski definition) is 51. The van der Waals surface area contributed by atoms with Crippen molar-refractivity contribution >= 4 is 187 Å².